The zero-order valence-corrected chi connectivity index (χ0v) is 8.34. The molecule has 87 valence electrons. The molecule has 0 bridgehead atoms. The van der Waals surface area contributed by atoms with Gasteiger partial charge in [0, 0.05) is 11.1 Å². The number of carboxylic acid groups (broad SMARTS) is 2. The number of carboxylic acids is 2. The molecule has 0 atom stereocenters. The van der Waals surface area contributed by atoms with Crippen molar-refractivity contribution in [3.8, 4) is 0 Å². The second-order valence-electron chi connectivity index (χ2n) is 2.12. The van der Waals surface area contributed by atoms with Crippen LogP contribution >= 0.6 is 0 Å². The molecule has 0 aliphatic rings. The summed E-state index contributed by atoms with van der Waals surface area (Å²) < 4.78 is 0. The van der Waals surface area contributed by atoms with E-state index in [0.29, 0.717) is 0 Å². The Labute approximate surface area is 96.9 Å². The number of carbonyl (C=O) groups excluding carboxylic acids is 2. The van der Waals surface area contributed by atoms with E-state index in [0.717, 1.165) is 12.1 Å². The van der Waals surface area contributed by atoms with Crippen molar-refractivity contribution >= 4 is 11.9 Å². The van der Waals surface area contributed by atoms with E-state index >= 15 is 0 Å². The zero-order valence-electron chi connectivity index (χ0n) is 7.40. The maximum Gasteiger partial charge on any atom is 2.00 e. The van der Waals surface area contributed by atoms with Crippen LogP contribution in [0.5, 0.6) is 0 Å². The van der Waals surface area contributed by atoms with Crippen LogP contribution in [0, 0.1) is 0 Å². The van der Waals surface area contributed by atoms with Gasteiger partial charge in [0.2, 0.25) is 0 Å². The van der Waals surface area contributed by atoms with Gasteiger partial charge in [-0.15, -0.1) is 0 Å². The first kappa shape index (κ1) is 19.2. The summed E-state index contributed by atoms with van der Waals surface area (Å²) >= 11 is 0. The number of hydrogen-bond acceptors (Lipinski definition) is 4. The first-order chi connectivity index (χ1) is 5.63. The smallest absolute Gasteiger partial charge is 0.693 e. The van der Waals surface area contributed by atoms with Crippen LogP contribution in [-0.4, -0.2) is 11.9 Å². The van der Waals surface area contributed by atoms with Crippen molar-refractivity contribution in [1.29, 1.82) is 0 Å². The van der Waals surface area contributed by atoms with Crippen LogP contribution in [0.1, 0.15) is 20.7 Å². The molecule has 0 aromatic heterocycles. The van der Waals surface area contributed by atoms with Gasteiger partial charge in [-0.3, -0.25) is 0 Å². The van der Waals surface area contributed by atoms with Crippen LogP contribution in [0.3, 0.4) is 0 Å². The summed E-state index contributed by atoms with van der Waals surface area (Å²) in [4.78, 5) is 20.6. The molecule has 1 rings (SSSR count). The van der Waals surface area contributed by atoms with Crippen molar-refractivity contribution in [2.45, 2.75) is 0 Å². The average molecular weight is 260 g/mol. The van der Waals surface area contributed by atoms with Gasteiger partial charge in [0.05, 0.1) is 11.9 Å². The summed E-state index contributed by atoms with van der Waals surface area (Å²) in [6.45, 7) is 0. The first-order valence-electron chi connectivity index (χ1n) is 3.14. The second-order valence-corrected chi connectivity index (χ2v) is 2.12. The molecule has 6 nitrogen and oxygen atoms in total. The van der Waals surface area contributed by atoms with Gasteiger partial charge in [0.25, 0.3) is 0 Å². The van der Waals surface area contributed by atoms with Gasteiger partial charge < -0.3 is 32.1 Å². The number of benzene rings is 1. The minimum atomic E-state index is -1.52. The maximum atomic E-state index is 10.3. The topological polar surface area (TPSA) is 147 Å². The van der Waals surface area contributed by atoms with E-state index in [4.69, 9.17) is 0 Å². The number of rotatable bonds is 2. The van der Waals surface area contributed by atoms with Crippen molar-refractivity contribution in [2.24, 2.45) is 0 Å². The van der Waals surface area contributed by atoms with Crippen molar-refractivity contribution in [3.05, 3.63) is 47.7 Å². The molecule has 1 aromatic rings. The molecule has 1 aromatic carbocycles. The Morgan fingerprint density at radius 1 is 0.867 bits per heavy atom. The fourth-order valence-electron chi connectivity index (χ4n) is 0.839. The third kappa shape index (κ3) is 4.57. The normalized spacial score (nSPS) is 7.47. The van der Waals surface area contributed by atoms with Gasteiger partial charge in [-0.05, 0) is 0 Å². The van der Waals surface area contributed by atoms with Gasteiger partial charge in [-0.25, -0.2) is 0 Å². The average Bonchev–Trinajstić information content (AvgIpc) is 2.04. The first-order valence-corrected chi connectivity index (χ1v) is 3.14. The summed E-state index contributed by atoms with van der Waals surface area (Å²) in [6, 6.07) is 5.14. The molecule has 0 amide bonds. The Balaban J connectivity index is -0.000000480. The number of nitrogens with two attached hydrogens (primary N) is 2. The Morgan fingerprint density at radius 2 is 1.13 bits per heavy atom. The third-order valence-corrected chi connectivity index (χ3v) is 1.37. The molecule has 0 spiro atoms. The van der Waals surface area contributed by atoms with Gasteiger partial charge in [-0.1, -0.05) is 24.3 Å². The number of carbonyl (C=O) groups is 2. The van der Waals surface area contributed by atoms with Crippen LogP contribution in [0.4, 0.5) is 0 Å². The van der Waals surface area contributed by atoms with Gasteiger partial charge in [0.1, 0.15) is 0 Å². The minimum absolute atomic E-state index is 0. The third-order valence-electron chi connectivity index (χ3n) is 1.37. The Kier molecular flexibility index (Phi) is 10.2. The molecule has 1 radical (unpaired) electrons. The molecule has 0 unspecified atom stereocenters. The molecular formula is C8H8CuN2O4-2. The molecule has 0 aliphatic carbocycles. The molecule has 15 heavy (non-hydrogen) atoms. The van der Waals surface area contributed by atoms with Crippen LogP contribution in [0.25, 0.3) is 12.3 Å². The largest absolute Gasteiger partial charge is 2.00 e. The molecule has 0 fully saturated rings. The quantitative estimate of drug-likeness (QED) is 0.679. The summed E-state index contributed by atoms with van der Waals surface area (Å²) in [5.74, 6) is -3.04. The zero-order chi connectivity index (χ0) is 9.14. The molecule has 0 saturated heterocycles. The Bertz CT molecular complexity index is 310. The van der Waals surface area contributed by atoms with E-state index in [2.05, 4.69) is 0 Å². The van der Waals surface area contributed by atoms with Crippen molar-refractivity contribution < 1.29 is 36.9 Å². The van der Waals surface area contributed by atoms with Gasteiger partial charge in [0.15, 0.2) is 0 Å². The predicted molar refractivity (Wildman–Crippen MR) is 45.7 cm³/mol. The molecule has 4 N–H and O–H groups in total. The minimum Gasteiger partial charge on any atom is -0.693 e. The van der Waals surface area contributed by atoms with Crippen LogP contribution in [0.2, 0.25) is 0 Å². The summed E-state index contributed by atoms with van der Waals surface area (Å²) in [7, 11) is 0. The van der Waals surface area contributed by atoms with E-state index in [1.165, 1.54) is 12.1 Å². The van der Waals surface area contributed by atoms with Crippen molar-refractivity contribution in [2.75, 3.05) is 0 Å². The molecular weight excluding hydrogens is 252 g/mol. The predicted octanol–water partition coefficient (Wildman–Crippen LogP) is -0.155. The fourth-order valence-corrected chi connectivity index (χ4v) is 0.839. The van der Waals surface area contributed by atoms with Crippen molar-refractivity contribution in [3.63, 3.8) is 0 Å². The van der Waals surface area contributed by atoms with Crippen molar-refractivity contribution in [1.82, 2.24) is 0 Å². The molecule has 0 aliphatic heterocycles. The Morgan fingerprint density at radius 3 is 1.33 bits per heavy atom. The SMILES string of the molecule is O=C([O-])c1ccccc1C(=O)[O-].[Cu+2].[NH2-].[NH2-]. The van der Waals surface area contributed by atoms with Crippen LogP contribution < -0.4 is 10.2 Å². The monoisotopic (exact) mass is 259 g/mol. The van der Waals surface area contributed by atoms with Gasteiger partial charge >= 0.3 is 17.1 Å². The molecule has 7 heteroatoms. The van der Waals surface area contributed by atoms with E-state index in [1.807, 2.05) is 0 Å². The standard InChI is InChI=1S/C8H6O4.Cu.2H2N/c9-7(10)5-3-1-2-4-6(5)8(11)12;;;/h1-4H,(H,9,10)(H,11,12);;2*1H2/q;+2;2*-1/p-2. The molecule has 0 saturated carbocycles. The second kappa shape index (κ2) is 7.95. The molecule has 0 heterocycles. The van der Waals surface area contributed by atoms with Crippen LogP contribution in [-0.2, 0) is 17.1 Å². The summed E-state index contributed by atoms with van der Waals surface area (Å²) in [5, 5.41) is 20.6. The summed E-state index contributed by atoms with van der Waals surface area (Å²) in [6.07, 6.45) is 0. The van der Waals surface area contributed by atoms with E-state index in [1.54, 1.807) is 0 Å². The maximum absolute atomic E-state index is 10.3. The van der Waals surface area contributed by atoms with Crippen LogP contribution in [0.15, 0.2) is 24.3 Å². The number of aromatic carboxylic acids is 2. The van der Waals surface area contributed by atoms with E-state index < -0.39 is 11.9 Å². The van der Waals surface area contributed by atoms with Gasteiger partial charge in [-0.2, -0.15) is 0 Å². The van der Waals surface area contributed by atoms with E-state index in [9.17, 15) is 19.8 Å². The number of hydrogen-bond donors (Lipinski definition) is 0. The Hall–Kier alpha value is -1.40. The summed E-state index contributed by atoms with van der Waals surface area (Å²) in [5.41, 5.74) is -0.727. The van der Waals surface area contributed by atoms with E-state index in [-0.39, 0.29) is 40.5 Å². The fraction of sp³-hybridized carbons (Fsp3) is 0.